The largest absolute Gasteiger partial charge is 0.380 e. The summed E-state index contributed by atoms with van der Waals surface area (Å²) in [5.41, 5.74) is 0. The van der Waals surface area contributed by atoms with Gasteiger partial charge in [0, 0.05) is 0 Å². The van der Waals surface area contributed by atoms with E-state index in [4.69, 9.17) is 6.42 Å². The van der Waals surface area contributed by atoms with Gasteiger partial charge in [0.25, 0.3) is 0 Å². The highest BCUT2D eigenvalue weighted by atomic mass is 16.3. The summed E-state index contributed by atoms with van der Waals surface area (Å²) in [6.07, 6.45) is 8.95. The third-order valence-corrected chi connectivity index (χ3v) is 2.07. The maximum absolute atomic E-state index is 9.31. The number of unbranched alkanes of at least 4 members (excludes halogenated alkanes) is 1. The summed E-state index contributed by atoms with van der Waals surface area (Å²) in [4.78, 5) is 0. The summed E-state index contributed by atoms with van der Waals surface area (Å²) < 4.78 is 0. The monoisotopic (exact) mass is 154 g/mol. The molecule has 0 aliphatic carbocycles. The van der Waals surface area contributed by atoms with Crippen LogP contribution in [0.2, 0.25) is 0 Å². The molecule has 0 fully saturated rings. The van der Waals surface area contributed by atoms with Gasteiger partial charge in [-0.3, -0.25) is 0 Å². The topological polar surface area (TPSA) is 20.2 Å². The fraction of sp³-hybridized carbons (Fsp3) is 0.800. The van der Waals surface area contributed by atoms with Gasteiger partial charge in [0.2, 0.25) is 0 Å². The van der Waals surface area contributed by atoms with E-state index in [2.05, 4.69) is 19.8 Å². The second-order valence-electron chi connectivity index (χ2n) is 2.92. The smallest absolute Gasteiger partial charge is 0.117 e. The van der Waals surface area contributed by atoms with Crippen LogP contribution in [-0.2, 0) is 0 Å². The van der Waals surface area contributed by atoms with Gasteiger partial charge in [0.05, 0.1) is 0 Å². The second kappa shape index (κ2) is 6.24. The van der Waals surface area contributed by atoms with Gasteiger partial charge in [0.15, 0.2) is 0 Å². The van der Waals surface area contributed by atoms with Crippen LogP contribution in [0.3, 0.4) is 0 Å². The van der Waals surface area contributed by atoms with Gasteiger partial charge in [-0.15, -0.1) is 6.42 Å². The molecule has 0 bridgehead atoms. The first-order valence-electron chi connectivity index (χ1n) is 4.40. The standard InChI is InChI=1S/C10H18O/c1-4-7-8-9(5-2)10(11)6-3/h3,9-11H,4-5,7-8H2,1-2H3. The summed E-state index contributed by atoms with van der Waals surface area (Å²) >= 11 is 0. The Morgan fingerprint density at radius 1 is 1.45 bits per heavy atom. The Morgan fingerprint density at radius 3 is 2.45 bits per heavy atom. The van der Waals surface area contributed by atoms with E-state index in [9.17, 15) is 5.11 Å². The Bertz CT molecular complexity index is 123. The van der Waals surface area contributed by atoms with E-state index in [0.717, 1.165) is 19.3 Å². The molecule has 1 heteroatoms. The van der Waals surface area contributed by atoms with E-state index in [-0.39, 0.29) is 0 Å². The lowest BCUT2D eigenvalue weighted by atomic mass is 9.94. The van der Waals surface area contributed by atoms with Crippen molar-refractivity contribution in [2.75, 3.05) is 0 Å². The fourth-order valence-electron chi connectivity index (χ4n) is 1.19. The van der Waals surface area contributed by atoms with Gasteiger partial charge < -0.3 is 5.11 Å². The molecule has 1 nitrogen and oxygen atoms in total. The third-order valence-electron chi connectivity index (χ3n) is 2.07. The van der Waals surface area contributed by atoms with Gasteiger partial charge in [-0.25, -0.2) is 0 Å². The van der Waals surface area contributed by atoms with Gasteiger partial charge in [-0.05, 0) is 18.8 Å². The Balaban J connectivity index is 3.67. The summed E-state index contributed by atoms with van der Waals surface area (Å²) in [7, 11) is 0. The normalized spacial score (nSPS) is 15.5. The molecule has 0 aromatic carbocycles. The van der Waals surface area contributed by atoms with Crippen LogP contribution >= 0.6 is 0 Å². The maximum Gasteiger partial charge on any atom is 0.117 e. The number of rotatable bonds is 5. The summed E-state index contributed by atoms with van der Waals surface area (Å²) in [6.45, 7) is 4.22. The first-order chi connectivity index (χ1) is 5.26. The van der Waals surface area contributed by atoms with E-state index in [0.29, 0.717) is 5.92 Å². The number of hydrogen-bond donors (Lipinski definition) is 1. The minimum Gasteiger partial charge on any atom is -0.380 e. The predicted molar refractivity (Wildman–Crippen MR) is 48.1 cm³/mol. The van der Waals surface area contributed by atoms with E-state index < -0.39 is 6.10 Å². The lowest BCUT2D eigenvalue weighted by Crippen LogP contribution is -2.17. The van der Waals surface area contributed by atoms with Crippen molar-refractivity contribution in [1.82, 2.24) is 0 Å². The van der Waals surface area contributed by atoms with Crippen LogP contribution < -0.4 is 0 Å². The van der Waals surface area contributed by atoms with Crippen LogP contribution in [0.15, 0.2) is 0 Å². The lowest BCUT2D eigenvalue weighted by molar-refractivity contribution is 0.150. The van der Waals surface area contributed by atoms with E-state index in [1.165, 1.54) is 6.42 Å². The molecule has 11 heavy (non-hydrogen) atoms. The summed E-state index contributed by atoms with van der Waals surface area (Å²) in [5, 5.41) is 9.31. The molecule has 0 aromatic heterocycles. The quantitative estimate of drug-likeness (QED) is 0.602. The van der Waals surface area contributed by atoms with Crippen molar-refractivity contribution in [3.8, 4) is 12.3 Å². The molecule has 0 radical (unpaired) electrons. The zero-order valence-electron chi connectivity index (χ0n) is 7.51. The number of terminal acetylenes is 1. The Hall–Kier alpha value is -0.480. The molecular formula is C10H18O. The predicted octanol–water partition coefficient (Wildman–Crippen LogP) is 2.20. The molecule has 0 saturated carbocycles. The van der Waals surface area contributed by atoms with Crippen molar-refractivity contribution in [3.05, 3.63) is 0 Å². The zero-order valence-corrected chi connectivity index (χ0v) is 7.51. The average Bonchev–Trinajstić information content (AvgIpc) is 2.05. The van der Waals surface area contributed by atoms with Crippen LogP contribution in [0.1, 0.15) is 39.5 Å². The van der Waals surface area contributed by atoms with Crippen molar-refractivity contribution in [2.24, 2.45) is 5.92 Å². The number of aliphatic hydroxyl groups excluding tert-OH is 1. The average molecular weight is 154 g/mol. The molecule has 64 valence electrons. The van der Waals surface area contributed by atoms with Crippen LogP contribution in [-0.4, -0.2) is 11.2 Å². The van der Waals surface area contributed by atoms with Gasteiger partial charge in [-0.2, -0.15) is 0 Å². The SMILES string of the molecule is C#CC(O)C(CC)CCCC. The van der Waals surface area contributed by atoms with Gasteiger partial charge in [-0.1, -0.05) is 32.6 Å². The van der Waals surface area contributed by atoms with Crippen molar-refractivity contribution in [2.45, 2.75) is 45.6 Å². The molecule has 0 spiro atoms. The molecule has 0 aliphatic heterocycles. The molecule has 0 aromatic rings. The first kappa shape index (κ1) is 10.5. The number of hydrogen-bond acceptors (Lipinski definition) is 1. The summed E-state index contributed by atoms with van der Waals surface area (Å²) in [6, 6.07) is 0. The highest BCUT2D eigenvalue weighted by molar-refractivity contribution is 4.96. The van der Waals surface area contributed by atoms with Crippen molar-refractivity contribution < 1.29 is 5.11 Å². The third kappa shape index (κ3) is 4.06. The van der Waals surface area contributed by atoms with Crippen LogP contribution in [0.5, 0.6) is 0 Å². The van der Waals surface area contributed by atoms with Gasteiger partial charge >= 0.3 is 0 Å². The molecule has 0 saturated heterocycles. The van der Waals surface area contributed by atoms with E-state index in [1.807, 2.05) is 0 Å². The van der Waals surface area contributed by atoms with E-state index in [1.54, 1.807) is 0 Å². The highest BCUT2D eigenvalue weighted by Crippen LogP contribution is 2.16. The molecule has 0 rings (SSSR count). The Kier molecular flexibility index (Phi) is 5.97. The maximum atomic E-state index is 9.31. The van der Waals surface area contributed by atoms with Gasteiger partial charge in [0.1, 0.15) is 6.10 Å². The minimum absolute atomic E-state index is 0.306. The molecule has 0 amide bonds. The molecule has 1 N–H and O–H groups in total. The van der Waals surface area contributed by atoms with Crippen molar-refractivity contribution in [1.29, 1.82) is 0 Å². The molecule has 0 heterocycles. The molecule has 0 aliphatic rings. The molecule has 2 atom stereocenters. The molecular weight excluding hydrogens is 136 g/mol. The van der Waals surface area contributed by atoms with Crippen LogP contribution in [0.25, 0.3) is 0 Å². The van der Waals surface area contributed by atoms with Crippen molar-refractivity contribution in [3.63, 3.8) is 0 Å². The lowest BCUT2D eigenvalue weighted by Gasteiger charge is -2.15. The molecule has 2 unspecified atom stereocenters. The second-order valence-corrected chi connectivity index (χ2v) is 2.92. The first-order valence-corrected chi connectivity index (χ1v) is 4.40. The fourth-order valence-corrected chi connectivity index (χ4v) is 1.19. The summed E-state index contributed by atoms with van der Waals surface area (Å²) in [5.74, 6) is 2.69. The highest BCUT2D eigenvalue weighted by Gasteiger charge is 2.13. The number of aliphatic hydroxyl groups is 1. The Morgan fingerprint density at radius 2 is 2.09 bits per heavy atom. The van der Waals surface area contributed by atoms with Crippen molar-refractivity contribution >= 4 is 0 Å². The Labute approximate surface area is 69.8 Å². The van der Waals surface area contributed by atoms with E-state index >= 15 is 0 Å². The zero-order chi connectivity index (χ0) is 8.69. The van der Waals surface area contributed by atoms with Crippen LogP contribution in [0, 0.1) is 18.3 Å². The van der Waals surface area contributed by atoms with Crippen LogP contribution in [0.4, 0.5) is 0 Å². The minimum atomic E-state index is -0.536.